The quantitative estimate of drug-likeness (QED) is 0.922. The molecule has 4 nitrogen and oxygen atoms in total. The molecule has 0 spiro atoms. The molecule has 1 fully saturated rings. The van der Waals surface area contributed by atoms with E-state index in [0.29, 0.717) is 5.92 Å². The third-order valence-corrected chi connectivity index (χ3v) is 4.49. The minimum atomic E-state index is 0.171. The summed E-state index contributed by atoms with van der Waals surface area (Å²) in [7, 11) is 3.35. The highest BCUT2D eigenvalue weighted by atomic mass is 16.5. The molecule has 0 saturated carbocycles. The molecular weight excluding hydrogens is 288 g/mol. The molecule has 1 aliphatic rings. The molecule has 1 saturated heterocycles. The fraction of sp³-hybridized carbons (Fsp3) is 0.368. The highest BCUT2D eigenvalue weighted by molar-refractivity contribution is 5.38. The second-order valence-electron chi connectivity index (χ2n) is 6.10. The Kier molecular flexibility index (Phi) is 4.84. The Labute approximate surface area is 137 Å². The molecule has 23 heavy (non-hydrogen) atoms. The molecule has 2 aromatic carbocycles. The summed E-state index contributed by atoms with van der Waals surface area (Å²) in [5, 5.41) is 0. The van der Waals surface area contributed by atoms with E-state index in [9.17, 15) is 0 Å². The predicted molar refractivity (Wildman–Crippen MR) is 92.0 cm³/mol. The molecule has 0 unspecified atom stereocenters. The summed E-state index contributed by atoms with van der Waals surface area (Å²) >= 11 is 0. The number of likely N-dealkylation sites (tertiary alicyclic amines) is 1. The minimum Gasteiger partial charge on any atom is -0.497 e. The summed E-state index contributed by atoms with van der Waals surface area (Å²) in [6.07, 6.45) is 0. The lowest BCUT2D eigenvalue weighted by Crippen LogP contribution is -2.28. The van der Waals surface area contributed by atoms with Crippen LogP contribution in [0.2, 0.25) is 0 Å². The second kappa shape index (κ2) is 7.02. The fourth-order valence-corrected chi connectivity index (χ4v) is 3.31. The van der Waals surface area contributed by atoms with E-state index >= 15 is 0 Å². The Morgan fingerprint density at radius 1 is 1.00 bits per heavy atom. The van der Waals surface area contributed by atoms with Crippen LogP contribution in [0.4, 0.5) is 0 Å². The van der Waals surface area contributed by atoms with E-state index in [1.807, 2.05) is 12.1 Å². The van der Waals surface area contributed by atoms with Crippen LogP contribution in [0.5, 0.6) is 11.5 Å². The first-order valence-corrected chi connectivity index (χ1v) is 7.94. The maximum absolute atomic E-state index is 6.38. The van der Waals surface area contributed by atoms with Crippen molar-refractivity contribution in [2.45, 2.75) is 18.5 Å². The number of hydrogen-bond acceptors (Lipinski definition) is 4. The first kappa shape index (κ1) is 15.8. The van der Waals surface area contributed by atoms with Crippen LogP contribution in [0.1, 0.15) is 17.0 Å². The predicted octanol–water partition coefficient (Wildman–Crippen LogP) is 2.63. The van der Waals surface area contributed by atoms with Crippen LogP contribution >= 0.6 is 0 Å². The molecule has 3 rings (SSSR count). The molecule has 0 bridgehead atoms. The van der Waals surface area contributed by atoms with Crippen molar-refractivity contribution in [2.75, 3.05) is 27.3 Å². The molecule has 2 N–H and O–H groups in total. The Morgan fingerprint density at radius 2 is 1.65 bits per heavy atom. The molecule has 1 heterocycles. The van der Waals surface area contributed by atoms with Gasteiger partial charge in [-0.2, -0.15) is 0 Å². The van der Waals surface area contributed by atoms with Crippen LogP contribution in [0, 0.1) is 0 Å². The largest absolute Gasteiger partial charge is 0.497 e. The normalized spacial score (nSPS) is 21.3. The standard InChI is InChI=1S/C19H24N2O2/c1-22-16-8-14(9-17(10-16)23-2)11-21-12-18(19(20)13-21)15-6-4-3-5-7-15/h3-10,18-19H,11-13,20H2,1-2H3/t18-,19+/m0/s1. The topological polar surface area (TPSA) is 47.7 Å². The zero-order valence-corrected chi connectivity index (χ0v) is 13.7. The smallest absolute Gasteiger partial charge is 0.122 e. The summed E-state index contributed by atoms with van der Waals surface area (Å²) in [6.45, 7) is 2.73. The molecule has 0 amide bonds. The number of methoxy groups -OCH3 is 2. The van der Waals surface area contributed by atoms with Gasteiger partial charge in [0, 0.05) is 37.7 Å². The van der Waals surface area contributed by atoms with E-state index < -0.39 is 0 Å². The van der Waals surface area contributed by atoms with Crippen molar-refractivity contribution >= 4 is 0 Å². The Morgan fingerprint density at radius 3 is 2.26 bits per heavy atom. The van der Waals surface area contributed by atoms with E-state index in [1.165, 1.54) is 11.1 Å². The molecule has 1 aliphatic heterocycles. The Bertz CT molecular complexity index is 623. The highest BCUT2D eigenvalue weighted by Gasteiger charge is 2.31. The van der Waals surface area contributed by atoms with E-state index in [2.05, 4.69) is 41.3 Å². The van der Waals surface area contributed by atoms with Gasteiger partial charge in [-0.15, -0.1) is 0 Å². The first-order chi connectivity index (χ1) is 11.2. The van der Waals surface area contributed by atoms with E-state index in [1.54, 1.807) is 14.2 Å². The maximum Gasteiger partial charge on any atom is 0.122 e. The second-order valence-corrected chi connectivity index (χ2v) is 6.10. The van der Waals surface area contributed by atoms with Gasteiger partial charge in [0.2, 0.25) is 0 Å². The van der Waals surface area contributed by atoms with Crippen molar-refractivity contribution in [3.63, 3.8) is 0 Å². The third kappa shape index (κ3) is 3.66. The monoisotopic (exact) mass is 312 g/mol. The molecular formula is C19H24N2O2. The Hall–Kier alpha value is -2.04. The van der Waals surface area contributed by atoms with Crippen molar-refractivity contribution in [1.82, 2.24) is 4.90 Å². The SMILES string of the molecule is COc1cc(CN2C[C@@H](N)[C@H](c3ccccc3)C2)cc(OC)c1. The van der Waals surface area contributed by atoms with Crippen LogP contribution in [0.25, 0.3) is 0 Å². The van der Waals surface area contributed by atoms with Crippen LogP contribution < -0.4 is 15.2 Å². The zero-order valence-electron chi connectivity index (χ0n) is 13.7. The lowest BCUT2D eigenvalue weighted by Gasteiger charge is -2.17. The van der Waals surface area contributed by atoms with Gasteiger partial charge >= 0.3 is 0 Å². The van der Waals surface area contributed by atoms with Crippen LogP contribution in [0.3, 0.4) is 0 Å². The van der Waals surface area contributed by atoms with Gasteiger partial charge in [0.05, 0.1) is 14.2 Å². The summed E-state index contributed by atoms with van der Waals surface area (Å²) in [5.74, 6) is 2.04. The van der Waals surface area contributed by atoms with Gasteiger partial charge in [-0.25, -0.2) is 0 Å². The number of benzene rings is 2. The van der Waals surface area contributed by atoms with Crippen molar-refractivity contribution in [3.8, 4) is 11.5 Å². The average molecular weight is 312 g/mol. The van der Waals surface area contributed by atoms with Crippen molar-refractivity contribution in [1.29, 1.82) is 0 Å². The lowest BCUT2D eigenvalue weighted by atomic mass is 9.95. The van der Waals surface area contributed by atoms with Crippen molar-refractivity contribution in [2.24, 2.45) is 5.73 Å². The summed E-state index contributed by atoms with van der Waals surface area (Å²) in [4.78, 5) is 2.40. The number of rotatable bonds is 5. The lowest BCUT2D eigenvalue weighted by molar-refractivity contribution is 0.321. The van der Waals surface area contributed by atoms with Gasteiger partial charge in [0.15, 0.2) is 0 Å². The van der Waals surface area contributed by atoms with Gasteiger partial charge < -0.3 is 15.2 Å². The Balaban J connectivity index is 1.72. The maximum atomic E-state index is 6.38. The van der Waals surface area contributed by atoms with Gasteiger partial charge in [-0.05, 0) is 23.3 Å². The minimum absolute atomic E-state index is 0.171. The molecule has 2 aromatic rings. The number of ether oxygens (including phenoxy) is 2. The fourth-order valence-electron chi connectivity index (χ4n) is 3.31. The molecule has 122 valence electrons. The average Bonchev–Trinajstić information content (AvgIpc) is 2.95. The van der Waals surface area contributed by atoms with Crippen molar-refractivity contribution in [3.05, 3.63) is 59.7 Å². The van der Waals surface area contributed by atoms with Crippen molar-refractivity contribution < 1.29 is 9.47 Å². The summed E-state index contributed by atoms with van der Waals surface area (Å²) in [6, 6.07) is 16.7. The number of nitrogens with two attached hydrogens (primary N) is 1. The van der Waals surface area contributed by atoms with Crippen LogP contribution in [-0.2, 0) is 6.54 Å². The zero-order chi connectivity index (χ0) is 16.2. The van der Waals surface area contributed by atoms with Gasteiger partial charge in [0.25, 0.3) is 0 Å². The van der Waals surface area contributed by atoms with Crippen LogP contribution in [0.15, 0.2) is 48.5 Å². The third-order valence-electron chi connectivity index (χ3n) is 4.49. The molecule has 0 aliphatic carbocycles. The first-order valence-electron chi connectivity index (χ1n) is 7.94. The number of hydrogen-bond donors (Lipinski definition) is 1. The molecule has 4 heteroatoms. The van der Waals surface area contributed by atoms with Gasteiger partial charge in [-0.3, -0.25) is 4.90 Å². The highest BCUT2D eigenvalue weighted by Crippen LogP contribution is 2.29. The molecule has 2 atom stereocenters. The molecule has 0 radical (unpaired) electrons. The van der Waals surface area contributed by atoms with Gasteiger partial charge in [-0.1, -0.05) is 30.3 Å². The van der Waals surface area contributed by atoms with Gasteiger partial charge in [0.1, 0.15) is 11.5 Å². The van der Waals surface area contributed by atoms with Crippen LogP contribution in [-0.4, -0.2) is 38.3 Å². The van der Waals surface area contributed by atoms with E-state index in [4.69, 9.17) is 15.2 Å². The number of nitrogens with zero attached hydrogens (tertiary/aromatic N) is 1. The molecule has 0 aromatic heterocycles. The van der Waals surface area contributed by atoms with E-state index in [-0.39, 0.29) is 6.04 Å². The van der Waals surface area contributed by atoms with E-state index in [0.717, 1.165) is 31.1 Å². The summed E-state index contributed by atoms with van der Waals surface area (Å²) in [5.41, 5.74) is 8.88. The summed E-state index contributed by atoms with van der Waals surface area (Å²) < 4.78 is 10.7.